The third-order valence-corrected chi connectivity index (χ3v) is 3.09. The molecule has 20 heavy (non-hydrogen) atoms. The lowest BCUT2D eigenvalue weighted by atomic mass is 10.2. The molecule has 1 aromatic rings. The minimum atomic E-state index is 0.766. The first-order valence-corrected chi connectivity index (χ1v) is 7.39. The van der Waals surface area contributed by atoms with Crippen molar-refractivity contribution in [3.63, 3.8) is 0 Å². The lowest BCUT2D eigenvalue weighted by Crippen LogP contribution is -2.28. The van der Waals surface area contributed by atoms with Gasteiger partial charge in [0.1, 0.15) is 0 Å². The van der Waals surface area contributed by atoms with E-state index in [4.69, 9.17) is 15.2 Å². The lowest BCUT2D eigenvalue weighted by molar-refractivity contribution is 0.0820. The number of nitrogen functional groups attached to an aromatic ring is 1. The van der Waals surface area contributed by atoms with Gasteiger partial charge in [-0.25, -0.2) is 0 Å². The number of hydrogen-bond donors (Lipinski definition) is 1. The van der Waals surface area contributed by atoms with Crippen LogP contribution in [0.1, 0.15) is 25.3 Å². The smallest absolute Gasteiger partial charge is 0.0593 e. The lowest BCUT2D eigenvalue weighted by Gasteiger charge is -2.21. The van der Waals surface area contributed by atoms with Crippen LogP contribution in [0.25, 0.3) is 0 Å². The van der Waals surface area contributed by atoms with Crippen molar-refractivity contribution >= 4 is 5.69 Å². The molecule has 0 heterocycles. The molecule has 4 nitrogen and oxygen atoms in total. The van der Waals surface area contributed by atoms with Crippen LogP contribution in [0, 0.1) is 0 Å². The zero-order valence-corrected chi connectivity index (χ0v) is 12.8. The minimum absolute atomic E-state index is 0.766. The Hall–Kier alpha value is -1.10. The van der Waals surface area contributed by atoms with E-state index >= 15 is 0 Å². The van der Waals surface area contributed by atoms with Gasteiger partial charge in [0.15, 0.2) is 0 Å². The summed E-state index contributed by atoms with van der Waals surface area (Å²) in [6.45, 7) is 7.47. The fraction of sp³-hybridized carbons (Fsp3) is 0.625. The molecule has 0 fully saturated rings. The van der Waals surface area contributed by atoms with E-state index in [1.54, 1.807) is 7.11 Å². The molecule has 0 bridgehead atoms. The zero-order valence-electron chi connectivity index (χ0n) is 12.8. The van der Waals surface area contributed by atoms with Gasteiger partial charge in [-0.15, -0.1) is 0 Å². The van der Waals surface area contributed by atoms with Crippen molar-refractivity contribution in [3.8, 4) is 0 Å². The van der Waals surface area contributed by atoms with Crippen molar-refractivity contribution < 1.29 is 9.47 Å². The van der Waals surface area contributed by atoms with Gasteiger partial charge < -0.3 is 15.2 Å². The SMILES string of the molecule is CCCN(CCOCCCOC)Cc1cccc(N)c1. The van der Waals surface area contributed by atoms with Gasteiger partial charge in [-0.1, -0.05) is 19.1 Å². The van der Waals surface area contributed by atoms with E-state index in [2.05, 4.69) is 17.9 Å². The Bertz CT molecular complexity index is 358. The first kappa shape index (κ1) is 17.0. The molecule has 2 N–H and O–H groups in total. The topological polar surface area (TPSA) is 47.7 Å². The molecule has 114 valence electrons. The van der Waals surface area contributed by atoms with Crippen LogP contribution in [0.5, 0.6) is 0 Å². The second-order valence-electron chi connectivity index (χ2n) is 4.98. The van der Waals surface area contributed by atoms with E-state index in [1.165, 1.54) is 5.56 Å². The van der Waals surface area contributed by atoms with Crippen molar-refractivity contribution in [3.05, 3.63) is 29.8 Å². The molecule has 0 amide bonds. The van der Waals surface area contributed by atoms with Crippen LogP contribution in [-0.2, 0) is 16.0 Å². The van der Waals surface area contributed by atoms with Crippen LogP contribution < -0.4 is 5.73 Å². The molecule has 0 saturated carbocycles. The van der Waals surface area contributed by atoms with E-state index in [0.29, 0.717) is 0 Å². The number of ether oxygens (including phenoxy) is 2. The summed E-state index contributed by atoms with van der Waals surface area (Å²) in [5.41, 5.74) is 7.91. The summed E-state index contributed by atoms with van der Waals surface area (Å²) in [5.74, 6) is 0. The molecule has 0 spiro atoms. The van der Waals surface area contributed by atoms with Crippen molar-refractivity contribution in [1.29, 1.82) is 0 Å². The first-order chi connectivity index (χ1) is 9.76. The summed E-state index contributed by atoms with van der Waals surface area (Å²) >= 11 is 0. The number of nitrogens with two attached hydrogens (primary N) is 1. The monoisotopic (exact) mass is 280 g/mol. The zero-order chi connectivity index (χ0) is 14.6. The molecular weight excluding hydrogens is 252 g/mol. The highest BCUT2D eigenvalue weighted by molar-refractivity contribution is 5.40. The predicted octanol–water partition coefficient (Wildman–Crippen LogP) is 2.53. The Kier molecular flexibility index (Phi) is 9.04. The first-order valence-electron chi connectivity index (χ1n) is 7.39. The Labute approximate surface area is 122 Å². The molecule has 0 aromatic heterocycles. The maximum atomic E-state index is 5.82. The predicted molar refractivity (Wildman–Crippen MR) is 83.7 cm³/mol. The van der Waals surface area contributed by atoms with Crippen LogP contribution in [-0.4, -0.2) is 44.9 Å². The van der Waals surface area contributed by atoms with E-state index in [-0.39, 0.29) is 0 Å². The molecular formula is C16H28N2O2. The van der Waals surface area contributed by atoms with Crippen LogP contribution in [0.3, 0.4) is 0 Å². The second kappa shape index (κ2) is 10.7. The molecule has 0 unspecified atom stereocenters. The highest BCUT2D eigenvalue weighted by atomic mass is 16.5. The summed E-state index contributed by atoms with van der Waals surface area (Å²) < 4.78 is 10.6. The van der Waals surface area contributed by atoms with Crippen molar-refractivity contribution in [1.82, 2.24) is 4.90 Å². The molecule has 4 heteroatoms. The number of rotatable bonds is 11. The summed E-state index contributed by atoms with van der Waals surface area (Å²) in [6, 6.07) is 8.10. The summed E-state index contributed by atoms with van der Waals surface area (Å²) in [4.78, 5) is 2.41. The number of hydrogen-bond acceptors (Lipinski definition) is 4. The summed E-state index contributed by atoms with van der Waals surface area (Å²) in [6.07, 6.45) is 2.10. The second-order valence-corrected chi connectivity index (χ2v) is 4.98. The Morgan fingerprint density at radius 2 is 2.00 bits per heavy atom. The molecule has 0 aliphatic carbocycles. The van der Waals surface area contributed by atoms with Crippen LogP contribution in [0.2, 0.25) is 0 Å². The van der Waals surface area contributed by atoms with Crippen LogP contribution in [0.15, 0.2) is 24.3 Å². The van der Waals surface area contributed by atoms with Gasteiger partial charge in [0, 0.05) is 39.1 Å². The van der Waals surface area contributed by atoms with E-state index < -0.39 is 0 Å². The standard InChI is InChI=1S/C16H28N2O2/c1-3-8-18(9-12-20-11-5-10-19-2)14-15-6-4-7-16(17)13-15/h4,6-7,13H,3,5,8-12,14,17H2,1-2H3. The van der Waals surface area contributed by atoms with Gasteiger partial charge in [-0.2, -0.15) is 0 Å². The van der Waals surface area contributed by atoms with Crippen molar-refractivity contribution in [2.24, 2.45) is 0 Å². The molecule has 0 saturated heterocycles. The Morgan fingerprint density at radius 3 is 2.70 bits per heavy atom. The van der Waals surface area contributed by atoms with E-state index in [9.17, 15) is 0 Å². The average molecular weight is 280 g/mol. The summed E-state index contributed by atoms with van der Waals surface area (Å²) in [7, 11) is 1.72. The highest BCUT2D eigenvalue weighted by Crippen LogP contribution is 2.09. The van der Waals surface area contributed by atoms with Crippen molar-refractivity contribution in [2.75, 3.05) is 45.8 Å². The normalized spacial score (nSPS) is 11.2. The number of anilines is 1. The molecule has 1 aromatic carbocycles. The minimum Gasteiger partial charge on any atom is -0.399 e. The van der Waals surface area contributed by atoms with Gasteiger partial charge in [0.2, 0.25) is 0 Å². The number of methoxy groups -OCH3 is 1. The largest absolute Gasteiger partial charge is 0.399 e. The number of benzene rings is 1. The van der Waals surface area contributed by atoms with Gasteiger partial charge in [-0.3, -0.25) is 4.90 Å². The molecule has 0 atom stereocenters. The average Bonchev–Trinajstić information content (AvgIpc) is 2.43. The van der Waals surface area contributed by atoms with Gasteiger partial charge in [-0.05, 0) is 37.1 Å². The van der Waals surface area contributed by atoms with Crippen LogP contribution >= 0.6 is 0 Å². The van der Waals surface area contributed by atoms with Crippen LogP contribution in [0.4, 0.5) is 5.69 Å². The fourth-order valence-corrected chi connectivity index (χ4v) is 2.14. The fourth-order valence-electron chi connectivity index (χ4n) is 2.14. The quantitative estimate of drug-likeness (QED) is 0.500. The molecule has 0 aliphatic heterocycles. The summed E-state index contributed by atoms with van der Waals surface area (Å²) in [5, 5.41) is 0. The maximum absolute atomic E-state index is 5.82. The van der Waals surface area contributed by atoms with E-state index in [0.717, 1.165) is 58.0 Å². The third-order valence-electron chi connectivity index (χ3n) is 3.09. The Morgan fingerprint density at radius 1 is 1.15 bits per heavy atom. The third kappa shape index (κ3) is 7.48. The van der Waals surface area contributed by atoms with Gasteiger partial charge in [0.25, 0.3) is 0 Å². The van der Waals surface area contributed by atoms with Crippen molar-refractivity contribution in [2.45, 2.75) is 26.3 Å². The molecule has 0 aliphatic rings. The maximum Gasteiger partial charge on any atom is 0.0593 e. The Balaban J connectivity index is 2.29. The molecule has 0 radical (unpaired) electrons. The van der Waals surface area contributed by atoms with Gasteiger partial charge >= 0.3 is 0 Å². The van der Waals surface area contributed by atoms with E-state index in [1.807, 2.05) is 18.2 Å². The number of nitrogens with zero attached hydrogens (tertiary/aromatic N) is 1. The molecule has 1 rings (SSSR count). The highest BCUT2D eigenvalue weighted by Gasteiger charge is 2.05. The van der Waals surface area contributed by atoms with Gasteiger partial charge in [0.05, 0.1) is 6.61 Å².